The molecule has 0 amide bonds. The first-order chi connectivity index (χ1) is 17.9. The van der Waals surface area contributed by atoms with Crippen LogP contribution in [0, 0.1) is 0 Å². The van der Waals surface area contributed by atoms with Crippen LogP contribution in [0.5, 0.6) is 0 Å². The second-order valence-electron chi connectivity index (χ2n) is 8.62. The summed E-state index contributed by atoms with van der Waals surface area (Å²) in [7, 11) is 0. The first kappa shape index (κ1) is 23.1. The summed E-state index contributed by atoms with van der Waals surface area (Å²) in [6, 6.07) is 59.3. The van der Waals surface area contributed by atoms with Crippen LogP contribution in [0.15, 0.2) is 170 Å². The van der Waals surface area contributed by atoms with Crippen LogP contribution < -0.4 is 0 Å². The summed E-state index contributed by atoms with van der Waals surface area (Å²) in [6.45, 7) is 0. The predicted molar refractivity (Wildman–Crippen MR) is 155 cm³/mol. The van der Waals surface area contributed by atoms with Crippen molar-refractivity contribution < 1.29 is 0 Å². The molecule has 0 saturated heterocycles. The smallest absolute Gasteiger partial charge is 0.0178 e. The first-order valence-electron chi connectivity index (χ1n) is 12.3. The van der Waals surface area contributed by atoms with Gasteiger partial charge in [0, 0.05) is 0 Å². The van der Waals surface area contributed by atoms with Gasteiger partial charge in [-0.3, -0.25) is 0 Å². The van der Waals surface area contributed by atoms with Crippen LogP contribution in [-0.4, -0.2) is 0 Å². The number of benzene rings is 6. The van der Waals surface area contributed by atoms with Gasteiger partial charge in [-0.2, -0.15) is 0 Å². The van der Waals surface area contributed by atoms with Gasteiger partial charge in [0.25, 0.3) is 0 Å². The summed E-state index contributed by atoms with van der Waals surface area (Å²) in [5.74, 6) is 0. The van der Waals surface area contributed by atoms with Gasteiger partial charge in [-0.25, -0.2) is 0 Å². The van der Waals surface area contributed by atoms with E-state index in [1.165, 1.54) is 44.5 Å². The maximum absolute atomic E-state index is 2.24. The van der Waals surface area contributed by atoms with Gasteiger partial charge in [0.15, 0.2) is 0 Å². The van der Waals surface area contributed by atoms with E-state index in [-0.39, 0.29) is 0 Å². The first-order valence-corrected chi connectivity index (χ1v) is 12.3. The molecule has 0 atom stereocenters. The molecule has 0 bridgehead atoms. The van der Waals surface area contributed by atoms with Crippen LogP contribution in [0.1, 0.15) is 0 Å². The molecular formula is C36H28. The van der Waals surface area contributed by atoms with E-state index in [2.05, 4.69) is 146 Å². The Labute approximate surface area is 214 Å². The minimum Gasteiger partial charge on any atom is -0.0622 e. The fraction of sp³-hybridized carbons (Fsp3) is 0. The van der Waals surface area contributed by atoms with E-state index in [4.69, 9.17) is 0 Å². The average Bonchev–Trinajstić information content (AvgIpc) is 2.99. The van der Waals surface area contributed by atoms with E-state index >= 15 is 0 Å². The minimum atomic E-state index is 1.26. The molecule has 6 rings (SSSR count). The molecule has 0 aliphatic rings. The van der Waals surface area contributed by atoms with Crippen molar-refractivity contribution in [2.75, 3.05) is 0 Å². The van der Waals surface area contributed by atoms with Crippen LogP contribution in [-0.2, 0) is 0 Å². The highest BCUT2D eigenvalue weighted by molar-refractivity contribution is 5.73. The van der Waals surface area contributed by atoms with Crippen LogP contribution >= 0.6 is 0 Å². The van der Waals surface area contributed by atoms with Gasteiger partial charge in [-0.05, 0) is 50.6 Å². The normalized spacial score (nSPS) is 10.2. The van der Waals surface area contributed by atoms with Gasteiger partial charge < -0.3 is 0 Å². The van der Waals surface area contributed by atoms with E-state index in [1.807, 2.05) is 24.3 Å². The van der Waals surface area contributed by atoms with Gasteiger partial charge >= 0.3 is 0 Å². The molecule has 0 unspecified atom stereocenters. The topological polar surface area (TPSA) is 0 Å². The monoisotopic (exact) mass is 460 g/mol. The number of hydrogen-bond donors (Lipinski definition) is 0. The lowest BCUT2D eigenvalue weighted by Gasteiger charge is -2.05. The molecule has 6 aromatic rings. The molecule has 0 aliphatic heterocycles. The quantitative estimate of drug-likeness (QED) is 0.245. The molecular weight excluding hydrogens is 432 g/mol. The Bertz CT molecular complexity index is 1360. The summed E-state index contributed by atoms with van der Waals surface area (Å²) in [4.78, 5) is 0. The third-order valence-corrected chi connectivity index (χ3v) is 6.18. The molecule has 0 fully saturated rings. The molecule has 0 heteroatoms. The molecule has 0 radical (unpaired) electrons. The van der Waals surface area contributed by atoms with Crippen molar-refractivity contribution in [1.82, 2.24) is 0 Å². The summed E-state index contributed by atoms with van der Waals surface area (Å²) in [5.41, 5.74) is 10.1. The molecule has 0 N–H and O–H groups in total. The van der Waals surface area contributed by atoms with Crippen molar-refractivity contribution in [3.8, 4) is 44.5 Å². The largest absolute Gasteiger partial charge is 0.0622 e. The minimum absolute atomic E-state index is 1.26. The van der Waals surface area contributed by atoms with Crippen LogP contribution in [0.25, 0.3) is 44.5 Å². The zero-order chi connectivity index (χ0) is 24.4. The van der Waals surface area contributed by atoms with Crippen molar-refractivity contribution in [2.24, 2.45) is 0 Å². The van der Waals surface area contributed by atoms with E-state index in [1.54, 1.807) is 0 Å². The highest BCUT2D eigenvalue weighted by Gasteiger charge is 2.01. The van der Waals surface area contributed by atoms with Gasteiger partial charge in [0.05, 0.1) is 0 Å². The van der Waals surface area contributed by atoms with Crippen molar-refractivity contribution in [1.29, 1.82) is 0 Å². The second kappa shape index (κ2) is 11.6. The van der Waals surface area contributed by atoms with Crippen LogP contribution in [0.3, 0.4) is 0 Å². The van der Waals surface area contributed by atoms with Gasteiger partial charge in [0.2, 0.25) is 0 Å². The van der Waals surface area contributed by atoms with Crippen molar-refractivity contribution in [3.05, 3.63) is 170 Å². The fourth-order valence-corrected chi connectivity index (χ4v) is 4.26. The maximum Gasteiger partial charge on any atom is -0.0178 e. The third-order valence-electron chi connectivity index (χ3n) is 6.18. The number of rotatable bonds is 4. The maximum atomic E-state index is 2.24. The van der Waals surface area contributed by atoms with Gasteiger partial charge in [-0.1, -0.05) is 164 Å². The van der Waals surface area contributed by atoms with E-state index in [9.17, 15) is 0 Å². The molecule has 6 aromatic carbocycles. The molecule has 172 valence electrons. The molecule has 0 aliphatic carbocycles. The van der Waals surface area contributed by atoms with Crippen LogP contribution in [0.4, 0.5) is 0 Å². The van der Waals surface area contributed by atoms with E-state index in [0.29, 0.717) is 0 Å². The zero-order valence-corrected chi connectivity index (χ0v) is 20.2. The Morgan fingerprint density at radius 2 is 0.389 bits per heavy atom. The molecule has 0 saturated carbocycles. The standard InChI is InChI=1S/2C18H14/c1-3-8-15(9-4-1)17-12-7-13-18(14-17)16-10-5-2-6-11-16;1-3-7-15(8-4-1)17-11-13-18(14-12-17)16-9-5-2-6-10-16/h2*1-14H. The highest BCUT2D eigenvalue weighted by Crippen LogP contribution is 2.26. The Hall–Kier alpha value is -4.68. The molecule has 0 heterocycles. The Morgan fingerprint density at radius 1 is 0.167 bits per heavy atom. The zero-order valence-electron chi connectivity index (χ0n) is 20.2. The Balaban J connectivity index is 0.000000148. The lowest BCUT2D eigenvalue weighted by atomic mass is 9.99. The van der Waals surface area contributed by atoms with E-state index in [0.717, 1.165) is 0 Å². The van der Waals surface area contributed by atoms with Gasteiger partial charge in [-0.15, -0.1) is 0 Å². The lowest BCUT2D eigenvalue weighted by molar-refractivity contribution is 1.59. The summed E-state index contributed by atoms with van der Waals surface area (Å²) < 4.78 is 0. The summed E-state index contributed by atoms with van der Waals surface area (Å²) in [5, 5.41) is 0. The summed E-state index contributed by atoms with van der Waals surface area (Å²) >= 11 is 0. The second-order valence-corrected chi connectivity index (χ2v) is 8.62. The van der Waals surface area contributed by atoms with Crippen LogP contribution in [0.2, 0.25) is 0 Å². The molecule has 0 spiro atoms. The van der Waals surface area contributed by atoms with E-state index < -0.39 is 0 Å². The van der Waals surface area contributed by atoms with Crippen molar-refractivity contribution >= 4 is 0 Å². The molecule has 36 heavy (non-hydrogen) atoms. The molecule has 0 aromatic heterocycles. The van der Waals surface area contributed by atoms with Crippen molar-refractivity contribution in [2.45, 2.75) is 0 Å². The Morgan fingerprint density at radius 3 is 0.694 bits per heavy atom. The molecule has 0 nitrogen and oxygen atoms in total. The summed E-state index contributed by atoms with van der Waals surface area (Å²) in [6.07, 6.45) is 0. The van der Waals surface area contributed by atoms with Crippen molar-refractivity contribution in [3.63, 3.8) is 0 Å². The highest BCUT2D eigenvalue weighted by atomic mass is 14.1. The number of hydrogen-bond acceptors (Lipinski definition) is 0. The lowest BCUT2D eigenvalue weighted by Crippen LogP contribution is -1.80. The SMILES string of the molecule is c1ccc(-c2ccc(-c3ccccc3)cc2)cc1.c1ccc(-c2cccc(-c3ccccc3)c2)cc1. The Kier molecular flexibility index (Phi) is 7.46. The van der Waals surface area contributed by atoms with Gasteiger partial charge in [0.1, 0.15) is 0 Å². The third kappa shape index (κ3) is 5.87. The fourth-order valence-electron chi connectivity index (χ4n) is 4.26. The average molecular weight is 461 g/mol. The predicted octanol–water partition coefficient (Wildman–Crippen LogP) is 10.0.